The van der Waals surface area contributed by atoms with Crippen LogP contribution in [-0.4, -0.2) is 28.7 Å². The average Bonchev–Trinajstić information content (AvgIpc) is 2.79. The van der Waals surface area contributed by atoms with Gasteiger partial charge < -0.3 is 10.1 Å². The van der Waals surface area contributed by atoms with Crippen LogP contribution < -0.4 is 10.2 Å². The first kappa shape index (κ1) is 23.6. The average molecular weight is 473 g/mol. The zero-order valence-electron chi connectivity index (χ0n) is 20.0. The summed E-state index contributed by atoms with van der Waals surface area (Å²) in [6.45, 7) is 7.52. The number of aromatic nitrogens is 2. The number of ether oxygens (including phenoxy) is 1. The maximum atomic E-state index is 12.7. The predicted octanol–water partition coefficient (Wildman–Crippen LogP) is 7.20. The number of benzene rings is 2. The number of hydrogen-bond acceptors (Lipinski definition) is 6. The highest BCUT2D eigenvalue weighted by atomic mass is 32.2. The Morgan fingerprint density at radius 2 is 1.76 bits per heavy atom. The Labute approximate surface area is 204 Å². The molecule has 6 nitrogen and oxygen atoms in total. The lowest BCUT2D eigenvalue weighted by Gasteiger charge is -2.25. The van der Waals surface area contributed by atoms with Crippen LogP contribution in [0.1, 0.15) is 26.5 Å². The first-order valence-electron chi connectivity index (χ1n) is 11.0. The lowest BCUT2D eigenvalue weighted by atomic mass is 10.2. The minimum atomic E-state index is -0.573. The zero-order chi connectivity index (χ0) is 24.3. The SMILES string of the molecule is Cc1ccc2c(Nc3cc(N(C)C(=O)OC(C)(C)C)ccc3Sc3ccccc3)ccnc2n1. The van der Waals surface area contributed by atoms with Gasteiger partial charge in [0.05, 0.1) is 11.4 Å². The van der Waals surface area contributed by atoms with E-state index in [1.807, 2.05) is 82.3 Å². The molecular formula is C27H28N4O2S. The number of carbonyl (C=O) groups excluding carboxylic acids is 1. The Kier molecular flexibility index (Phi) is 6.75. The van der Waals surface area contributed by atoms with Crippen molar-refractivity contribution < 1.29 is 9.53 Å². The van der Waals surface area contributed by atoms with Crippen molar-refractivity contribution in [2.75, 3.05) is 17.3 Å². The summed E-state index contributed by atoms with van der Waals surface area (Å²) in [5.41, 5.74) is 3.51. The lowest BCUT2D eigenvalue weighted by Crippen LogP contribution is -2.34. The molecule has 4 rings (SSSR count). The van der Waals surface area contributed by atoms with Gasteiger partial charge in [-0.2, -0.15) is 0 Å². The number of rotatable bonds is 5. The second kappa shape index (κ2) is 9.73. The molecule has 0 saturated heterocycles. The highest BCUT2D eigenvalue weighted by molar-refractivity contribution is 7.99. The largest absolute Gasteiger partial charge is 0.443 e. The van der Waals surface area contributed by atoms with Crippen LogP contribution in [-0.2, 0) is 4.74 Å². The quantitative estimate of drug-likeness (QED) is 0.331. The van der Waals surface area contributed by atoms with Crippen molar-refractivity contribution in [3.05, 3.63) is 78.6 Å². The zero-order valence-corrected chi connectivity index (χ0v) is 20.8. The summed E-state index contributed by atoms with van der Waals surface area (Å²) in [6.07, 6.45) is 1.34. The third-order valence-corrected chi connectivity index (χ3v) is 6.08. The monoisotopic (exact) mass is 472 g/mol. The molecule has 2 aromatic carbocycles. The molecule has 0 aliphatic rings. The fourth-order valence-electron chi connectivity index (χ4n) is 3.34. The van der Waals surface area contributed by atoms with Gasteiger partial charge in [0.25, 0.3) is 0 Å². The standard InChI is InChI=1S/C27H28N4O2S/c1-18-11-13-21-22(15-16-28-25(21)29-18)30-23-17-19(31(5)26(32)33-27(2,3)4)12-14-24(23)34-20-9-7-6-8-10-20/h6-17H,1-5H3,(H,28,29,30). The summed E-state index contributed by atoms with van der Waals surface area (Å²) in [6, 6.07) is 22.0. The molecule has 0 unspecified atom stereocenters. The molecule has 0 aliphatic carbocycles. The van der Waals surface area contributed by atoms with Crippen LogP contribution >= 0.6 is 11.8 Å². The van der Waals surface area contributed by atoms with Crippen LogP contribution in [0.25, 0.3) is 11.0 Å². The molecule has 4 aromatic rings. The predicted molar refractivity (Wildman–Crippen MR) is 139 cm³/mol. The third-order valence-electron chi connectivity index (χ3n) is 5.00. The third kappa shape index (κ3) is 5.66. The van der Waals surface area contributed by atoms with Crippen LogP contribution in [0.15, 0.2) is 82.7 Å². The fourth-order valence-corrected chi connectivity index (χ4v) is 4.25. The smallest absolute Gasteiger partial charge is 0.414 e. The van der Waals surface area contributed by atoms with Gasteiger partial charge in [0, 0.05) is 39.8 Å². The molecule has 0 fully saturated rings. The number of nitrogens with zero attached hydrogens (tertiary/aromatic N) is 3. The second-order valence-corrected chi connectivity index (χ2v) is 10.1. The van der Waals surface area contributed by atoms with Crippen molar-refractivity contribution in [3.8, 4) is 0 Å². The summed E-state index contributed by atoms with van der Waals surface area (Å²) >= 11 is 1.65. The van der Waals surface area contributed by atoms with Crippen molar-refractivity contribution in [3.63, 3.8) is 0 Å². The Balaban J connectivity index is 1.73. The number of nitrogens with one attached hydrogen (secondary N) is 1. The molecule has 7 heteroatoms. The molecule has 0 atom stereocenters. The number of aryl methyl sites for hydroxylation is 1. The number of carbonyl (C=O) groups is 1. The molecule has 0 spiro atoms. The second-order valence-electron chi connectivity index (χ2n) is 8.94. The highest BCUT2D eigenvalue weighted by Crippen LogP contribution is 2.38. The van der Waals surface area contributed by atoms with E-state index in [0.29, 0.717) is 5.65 Å². The fraction of sp³-hybridized carbons (Fsp3) is 0.222. The minimum Gasteiger partial charge on any atom is -0.443 e. The first-order valence-corrected chi connectivity index (χ1v) is 11.8. The summed E-state index contributed by atoms with van der Waals surface area (Å²) < 4.78 is 5.55. The molecule has 0 saturated carbocycles. The van der Waals surface area contributed by atoms with Gasteiger partial charge >= 0.3 is 6.09 Å². The molecule has 1 N–H and O–H groups in total. The molecular weight excluding hydrogens is 444 g/mol. The molecule has 2 heterocycles. The molecule has 2 aromatic heterocycles. The van der Waals surface area contributed by atoms with Gasteiger partial charge in [-0.1, -0.05) is 30.0 Å². The van der Waals surface area contributed by atoms with Crippen LogP contribution in [0.5, 0.6) is 0 Å². The van der Waals surface area contributed by atoms with E-state index >= 15 is 0 Å². The molecule has 0 radical (unpaired) electrons. The number of amides is 1. The topological polar surface area (TPSA) is 67.4 Å². The van der Waals surface area contributed by atoms with Crippen molar-refractivity contribution >= 4 is 46.0 Å². The normalized spacial score (nSPS) is 11.3. The molecule has 1 amide bonds. The van der Waals surface area contributed by atoms with Crippen molar-refractivity contribution in [1.29, 1.82) is 0 Å². The van der Waals surface area contributed by atoms with Gasteiger partial charge in [-0.3, -0.25) is 4.90 Å². The van der Waals surface area contributed by atoms with Gasteiger partial charge in [-0.15, -0.1) is 0 Å². The van der Waals surface area contributed by atoms with E-state index in [1.165, 1.54) is 4.90 Å². The van der Waals surface area contributed by atoms with E-state index in [-0.39, 0.29) is 0 Å². The van der Waals surface area contributed by atoms with Gasteiger partial charge in [0.15, 0.2) is 5.65 Å². The summed E-state index contributed by atoms with van der Waals surface area (Å²) in [7, 11) is 1.71. The van der Waals surface area contributed by atoms with E-state index in [2.05, 4.69) is 27.4 Å². The van der Waals surface area contributed by atoms with Crippen molar-refractivity contribution in [2.24, 2.45) is 0 Å². The molecule has 174 valence electrons. The maximum Gasteiger partial charge on any atom is 0.414 e. The summed E-state index contributed by atoms with van der Waals surface area (Å²) in [4.78, 5) is 25.3. The summed E-state index contributed by atoms with van der Waals surface area (Å²) in [5.74, 6) is 0. The first-order chi connectivity index (χ1) is 16.2. The molecule has 0 aliphatic heterocycles. The molecule has 0 bridgehead atoms. The van der Waals surface area contributed by atoms with Crippen LogP contribution in [0.4, 0.5) is 21.9 Å². The lowest BCUT2D eigenvalue weighted by molar-refractivity contribution is 0.0589. The van der Waals surface area contributed by atoms with Gasteiger partial charge in [0.1, 0.15) is 5.60 Å². The van der Waals surface area contributed by atoms with Crippen LogP contribution in [0, 0.1) is 6.92 Å². The van der Waals surface area contributed by atoms with Crippen molar-refractivity contribution in [2.45, 2.75) is 43.1 Å². The summed E-state index contributed by atoms with van der Waals surface area (Å²) in [5, 5.41) is 4.48. The van der Waals surface area contributed by atoms with E-state index in [4.69, 9.17) is 4.74 Å². The van der Waals surface area contributed by atoms with Crippen LogP contribution in [0.2, 0.25) is 0 Å². The van der Waals surface area contributed by atoms with Gasteiger partial charge in [0.2, 0.25) is 0 Å². The Hall–Kier alpha value is -3.58. The number of hydrogen-bond donors (Lipinski definition) is 1. The van der Waals surface area contributed by atoms with Gasteiger partial charge in [-0.25, -0.2) is 14.8 Å². The van der Waals surface area contributed by atoms with Crippen molar-refractivity contribution in [1.82, 2.24) is 9.97 Å². The van der Waals surface area contributed by atoms with E-state index < -0.39 is 11.7 Å². The number of fused-ring (bicyclic) bond motifs is 1. The van der Waals surface area contributed by atoms with Gasteiger partial charge in [-0.05, 0) is 76.2 Å². The highest BCUT2D eigenvalue weighted by Gasteiger charge is 2.21. The Bertz CT molecular complexity index is 1320. The van der Waals surface area contributed by atoms with E-state index in [1.54, 1.807) is 25.0 Å². The Morgan fingerprint density at radius 3 is 2.50 bits per heavy atom. The minimum absolute atomic E-state index is 0.407. The van der Waals surface area contributed by atoms with E-state index in [9.17, 15) is 4.79 Å². The number of pyridine rings is 2. The van der Waals surface area contributed by atoms with E-state index in [0.717, 1.165) is 37.9 Å². The number of anilines is 3. The maximum absolute atomic E-state index is 12.7. The molecule has 34 heavy (non-hydrogen) atoms. The van der Waals surface area contributed by atoms with Crippen LogP contribution in [0.3, 0.4) is 0 Å². The Morgan fingerprint density at radius 1 is 1.00 bits per heavy atom.